The van der Waals surface area contributed by atoms with Gasteiger partial charge in [0.2, 0.25) is 0 Å². The molecule has 0 saturated carbocycles. The number of nitrogens with one attached hydrogen (secondary N) is 1. The Hall–Kier alpha value is -1.56. The van der Waals surface area contributed by atoms with E-state index in [0.29, 0.717) is 27.1 Å². The van der Waals surface area contributed by atoms with E-state index in [-0.39, 0.29) is 16.3 Å². The van der Waals surface area contributed by atoms with Gasteiger partial charge < -0.3 is 10.1 Å². The first-order valence-corrected chi connectivity index (χ1v) is 10.7. The molecule has 0 saturated heterocycles. The van der Waals surface area contributed by atoms with Crippen LogP contribution in [0.1, 0.15) is 58.3 Å². The van der Waals surface area contributed by atoms with Crippen LogP contribution in [0, 0.1) is 11.3 Å². The zero-order valence-corrected chi connectivity index (χ0v) is 18.6. The number of fused-ring (bicyclic) bond motifs is 1. The summed E-state index contributed by atoms with van der Waals surface area (Å²) in [6.07, 6.45) is 2.70. The third-order valence-corrected chi connectivity index (χ3v) is 7.00. The lowest BCUT2D eigenvalue weighted by atomic mass is 9.72. The summed E-state index contributed by atoms with van der Waals surface area (Å²) in [5, 5.41) is 4.10. The number of esters is 1. The normalized spacial score (nSPS) is 16.4. The fourth-order valence-electron chi connectivity index (χ4n) is 3.58. The van der Waals surface area contributed by atoms with E-state index >= 15 is 0 Å². The molecular weight excluding hydrogens is 417 g/mol. The Morgan fingerprint density at radius 2 is 1.96 bits per heavy atom. The minimum absolute atomic E-state index is 0.188. The molecule has 150 valence electrons. The molecule has 1 aromatic carbocycles. The number of halogens is 2. The summed E-state index contributed by atoms with van der Waals surface area (Å²) in [6, 6.07) is 4.70. The number of methoxy groups -OCH3 is 1. The maximum absolute atomic E-state index is 12.8. The van der Waals surface area contributed by atoms with Crippen molar-refractivity contribution in [3.63, 3.8) is 0 Å². The zero-order valence-electron chi connectivity index (χ0n) is 16.3. The molecule has 1 aromatic heterocycles. The van der Waals surface area contributed by atoms with Gasteiger partial charge in [-0.05, 0) is 54.4 Å². The van der Waals surface area contributed by atoms with Gasteiger partial charge in [0, 0.05) is 9.90 Å². The maximum atomic E-state index is 12.8. The number of ether oxygens (including phenoxy) is 1. The van der Waals surface area contributed by atoms with E-state index in [1.807, 2.05) is 0 Å². The first kappa shape index (κ1) is 21.2. The minimum atomic E-state index is -0.427. The van der Waals surface area contributed by atoms with Crippen molar-refractivity contribution in [3.8, 4) is 0 Å². The molecule has 1 atom stereocenters. The first-order chi connectivity index (χ1) is 13.1. The van der Waals surface area contributed by atoms with Gasteiger partial charge in [-0.2, -0.15) is 0 Å². The number of carbonyl (C=O) groups excluding carboxylic acids is 2. The van der Waals surface area contributed by atoms with Crippen LogP contribution < -0.4 is 5.32 Å². The van der Waals surface area contributed by atoms with E-state index in [2.05, 4.69) is 26.1 Å². The van der Waals surface area contributed by atoms with E-state index in [0.717, 1.165) is 29.7 Å². The Kier molecular flexibility index (Phi) is 6.08. The maximum Gasteiger partial charge on any atom is 0.341 e. The van der Waals surface area contributed by atoms with Gasteiger partial charge in [0.05, 0.1) is 23.3 Å². The monoisotopic (exact) mass is 439 g/mol. The number of carbonyl (C=O) groups is 2. The second-order valence-electron chi connectivity index (χ2n) is 8.08. The van der Waals surface area contributed by atoms with Crippen LogP contribution in [0.15, 0.2) is 18.2 Å². The molecule has 3 rings (SSSR count). The van der Waals surface area contributed by atoms with Gasteiger partial charge in [0.25, 0.3) is 5.91 Å². The number of hydrogen-bond donors (Lipinski definition) is 1. The van der Waals surface area contributed by atoms with Crippen LogP contribution in [0.5, 0.6) is 0 Å². The SMILES string of the molecule is COC(=O)c1c(NC(=O)c2ccc(Cl)cc2Cl)sc2c1CC[C@H](C(C)(C)C)C2. The lowest BCUT2D eigenvalue weighted by Gasteiger charge is -2.33. The first-order valence-electron chi connectivity index (χ1n) is 9.11. The van der Waals surface area contributed by atoms with E-state index < -0.39 is 5.97 Å². The molecule has 0 spiro atoms. The van der Waals surface area contributed by atoms with Gasteiger partial charge in [-0.25, -0.2) is 4.79 Å². The number of anilines is 1. The van der Waals surface area contributed by atoms with E-state index in [9.17, 15) is 9.59 Å². The van der Waals surface area contributed by atoms with Crippen molar-refractivity contribution in [2.45, 2.75) is 40.0 Å². The van der Waals surface area contributed by atoms with Crippen LogP contribution in [0.25, 0.3) is 0 Å². The molecule has 0 aliphatic heterocycles. The number of hydrogen-bond acceptors (Lipinski definition) is 4. The molecule has 0 bridgehead atoms. The average Bonchev–Trinajstić information content (AvgIpc) is 2.97. The highest BCUT2D eigenvalue weighted by Gasteiger charge is 2.34. The molecule has 28 heavy (non-hydrogen) atoms. The molecule has 2 aromatic rings. The second-order valence-corrected chi connectivity index (χ2v) is 10.0. The van der Waals surface area contributed by atoms with Gasteiger partial charge in [0.1, 0.15) is 5.00 Å². The van der Waals surface area contributed by atoms with Crippen molar-refractivity contribution in [2.75, 3.05) is 12.4 Å². The van der Waals surface area contributed by atoms with Gasteiger partial charge in [-0.3, -0.25) is 4.79 Å². The van der Waals surface area contributed by atoms with Crippen LogP contribution in [0.4, 0.5) is 5.00 Å². The molecule has 0 fully saturated rings. The molecule has 1 aliphatic carbocycles. The van der Waals surface area contributed by atoms with Crippen LogP contribution in [0.3, 0.4) is 0 Å². The van der Waals surface area contributed by atoms with Crippen LogP contribution in [0.2, 0.25) is 10.0 Å². The van der Waals surface area contributed by atoms with Crippen molar-refractivity contribution in [1.82, 2.24) is 0 Å². The van der Waals surface area contributed by atoms with Crippen molar-refractivity contribution in [2.24, 2.45) is 11.3 Å². The van der Waals surface area contributed by atoms with Crippen LogP contribution in [-0.2, 0) is 17.6 Å². The highest BCUT2D eigenvalue weighted by Crippen LogP contribution is 2.44. The van der Waals surface area contributed by atoms with Crippen LogP contribution in [-0.4, -0.2) is 19.0 Å². The molecule has 0 radical (unpaired) electrons. The Morgan fingerprint density at radius 1 is 1.25 bits per heavy atom. The van der Waals surface area contributed by atoms with E-state index in [1.54, 1.807) is 12.1 Å². The highest BCUT2D eigenvalue weighted by molar-refractivity contribution is 7.17. The Balaban J connectivity index is 1.96. The summed E-state index contributed by atoms with van der Waals surface area (Å²) in [5.41, 5.74) is 1.96. The Bertz CT molecular complexity index is 930. The zero-order chi connectivity index (χ0) is 20.6. The molecular formula is C21H23Cl2NO3S. The van der Waals surface area contributed by atoms with E-state index in [1.165, 1.54) is 24.5 Å². The molecule has 0 unspecified atom stereocenters. The number of benzene rings is 1. The quantitative estimate of drug-likeness (QED) is 0.575. The lowest BCUT2D eigenvalue weighted by Crippen LogP contribution is -2.26. The summed E-state index contributed by atoms with van der Waals surface area (Å²) in [7, 11) is 1.36. The third kappa shape index (κ3) is 4.22. The van der Waals surface area contributed by atoms with Crippen molar-refractivity contribution in [3.05, 3.63) is 49.8 Å². The summed E-state index contributed by atoms with van der Waals surface area (Å²) in [5.74, 6) is -0.277. The fourth-order valence-corrected chi connectivity index (χ4v) is 5.38. The molecule has 7 heteroatoms. The predicted octanol–water partition coefficient (Wildman–Crippen LogP) is 6.24. The van der Waals surface area contributed by atoms with Crippen molar-refractivity contribution in [1.29, 1.82) is 0 Å². The molecule has 1 amide bonds. The molecule has 4 nitrogen and oxygen atoms in total. The fraction of sp³-hybridized carbons (Fsp3) is 0.429. The van der Waals surface area contributed by atoms with Crippen molar-refractivity contribution < 1.29 is 14.3 Å². The number of rotatable bonds is 3. The van der Waals surface area contributed by atoms with Gasteiger partial charge in [-0.15, -0.1) is 11.3 Å². The lowest BCUT2D eigenvalue weighted by molar-refractivity contribution is 0.0600. The van der Waals surface area contributed by atoms with Gasteiger partial charge >= 0.3 is 5.97 Å². The minimum Gasteiger partial charge on any atom is -0.465 e. The number of amides is 1. The highest BCUT2D eigenvalue weighted by atomic mass is 35.5. The Labute approximate surface area is 179 Å². The second kappa shape index (κ2) is 8.05. The average molecular weight is 440 g/mol. The summed E-state index contributed by atoms with van der Waals surface area (Å²) in [6.45, 7) is 6.72. The summed E-state index contributed by atoms with van der Waals surface area (Å²) < 4.78 is 5.00. The standard InChI is InChI=1S/C21H23Cl2NO3S/c1-21(2,3)11-5-7-14-16(9-11)28-19(17(14)20(26)27-4)24-18(25)13-8-6-12(22)10-15(13)23/h6,8,10-11H,5,7,9H2,1-4H3,(H,24,25)/t11-/m0/s1. The summed E-state index contributed by atoms with van der Waals surface area (Å²) >= 11 is 13.5. The number of thiophene rings is 1. The smallest absolute Gasteiger partial charge is 0.341 e. The largest absolute Gasteiger partial charge is 0.465 e. The van der Waals surface area contributed by atoms with Crippen LogP contribution >= 0.6 is 34.5 Å². The van der Waals surface area contributed by atoms with Crippen molar-refractivity contribution >= 4 is 51.4 Å². The predicted molar refractivity (Wildman–Crippen MR) is 115 cm³/mol. The molecule has 1 aliphatic rings. The molecule has 1 heterocycles. The topological polar surface area (TPSA) is 55.4 Å². The van der Waals surface area contributed by atoms with Gasteiger partial charge in [0.15, 0.2) is 0 Å². The van der Waals surface area contributed by atoms with Gasteiger partial charge in [-0.1, -0.05) is 44.0 Å². The molecule has 1 N–H and O–H groups in total. The summed E-state index contributed by atoms with van der Waals surface area (Å²) in [4.78, 5) is 26.4. The third-order valence-electron chi connectivity index (χ3n) is 5.28. The van der Waals surface area contributed by atoms with E-state index in [4.69, 9.17) is 27.9 Å². The Morgan fingerprint density at radius 3 is 2.57 bits per heavy atom.